The number of unbranched alkanes of at least 4 members (excludes halogenated alkanes) is 2. The number of hydrogen-bond acceptors (Lipinski definition) is 4. The molecule has 5 heteroatoms. The first-order valence-electron chi connectivity index (χ1n) is 8.11. The van der Waals surface area contributed by atoms with Crippen molar-refractivity contribution in [2.24, 2.45) is 0 Å². The summed E-state index contributed by atoms with van der Waals surface area (Å²) < 4.78 is 17.2. The molecule has 0 aromatic heterocycles. The molecule has 0 rings (SSSR count). The number of rotatable bonds is 13. The molecule has 4 nitrogen and oxygen atoms in total. The van der Waals surface area contributed by atoms with Gasteiger partial charge in [-0.15, -0.1) is 0 Å². The van der Waals surface area contributed by atoms with Crippen molar-refractivity contribution >= 4 is 14.5 Å². The number of carbonyl (C=O) groups is 1. The van der Waals surface area contributed by atoms with Gasteiger partial charge in [-0.25, -0.2) is 4.79 Å². The van der Waals surface area contributed by atoms with Crippen molar-refractivity contribution < 1.29 is 18.4 Å². The van der Waals surface area contributed by atoms with Crippen LogP contribution in [-0.4, -0.2) is 34.4 Å². The molecule has 0 amide bonds. The maximum absolute atomic E-state index is 11.3. The Morgan fingerprint density at radius 2 is 1.57 bits per heavy atom. The molecule has 0 saturated carbocycles. The van der Waals surface area contributed by atoms with Crippen molar-refractivity contribution in [1.29, 1.82) is 0 Å². The molecular weight excluding hydrogens is 284 g/mol. The molecule has 0 aromatic carbocycles. The molecule has 0 heterocycles. The van der Waals surface area contributed by atoms with Crippen molar-refractivity contribution in [2.45, 2.75) is 65.5 Å². The topological polar surface area (TPSA) is 44.8 Å². The highest BCUT2D eigenvalue weighted by molar-refractivity contribution is 6.67. The van der Waals surface area contributed by atoms with E-state index >= 15 is 0 Å². The minimum atomic E-state index is -2.07. The SMILES string of the molecule is C=C(C)C(=O)OCCCC[Si](CCCC)(OCC)OCC. The third-order valence-electron chi connectivity index (χ3n) is 3.26. The van der Waals surface area contributed by atoms with Crippen molar-refractivity contribution in [3.05, 3.63) is 12.2 Å². The second kappa shape index (κ2) is 11.9. The van der Waals surface area contributed by atoms with Crippen LogP contribution in [0.15, 0.2) is 12.2 Å². The van der Waals surface area contributed by atoms with Gasteiger partial charge in [-0.1, -0.05) is 26.3 Å². The molecule has 21 heavy (non-hydrogen) atoms. The summed E-state index contributed by atoms with van der Waals surface area (Å²) in [6.45, 7) is 13.3. The van der Waals surface area contributed by atoms with E-state index in [0.29, 0.717) is 25.4 Å². The van der Waals surface area contributed by atoms with Crippen molar-refractivity contribution in [3.8, 4) is 0 Å². The minimum absolute atomic E-state index is 0.306. The van der Waals surface area contributed by atoms with Crippen LogP contribution in [0.2, 0.25) is 12.1 Å². The monoisotopic (exact) mass is 316 g/mol. The van der Waals surface area contributed by atoms with Gasteiger partial charge >= 0.3 is 14.5 Å². The Labute approximate surface area is 131 Å². The highest BCUT2D eigenvalue weighted by atomic mass is 28.4. The van der Waals surface area contributed by atoms with Crippen LogP contribution in [-0.2, 0) is 18.4 Å². The quantitative estimate of drug-likeness (QED) is 0.221. The van der Waals surface area contributed by atoms with E-state index in [9.17, 15) is 4.79 Å². The summed E-state index contributed by atoms with van der Waals surface area (Å²) in [5.74, 6) is -0.306. The standard InChI is InChI=1S/C16H32O4Si/c1-6-9-13-21(19-7-2,20-8-3)14-11-10-12-18-16(17)15(4)5/h4,6-14H2,1-3,5H3. The van der Waals surface area contributed by atoms with E-state index in [0.717, 1.165) is 37.8 Å². The lowest BCUT2D eigenvalue weighted by Crippen LogP contribution is -2.42. The van der Waals surface area contributed by atoms with Crippen molar-refractivity contribution in [2.75, 3.05) is 19.8 Å². The normalized spacial score (nSPS) is 11.4. The predicted molar refractivity (Wildman–Crippen MR) is 88.5 cm³/mol. The molecule has 0 fully saturated rings. The van der Waals surface area contributed by atoms with Gasteiger partial charge in [-0.2, -0.15) is 0 Å². The van der Waals surface area contributed by atoms with Crippen molar-refractivity contribution in [3.63, 3.8) is 0 Å². The number of hydrogen-bond donors (Lipinski definition) is 0. The Hall–Kier alpha value is -0.653. The molecule has 0 atom stereocenters. The van der Waals surface area contributed by atoms with E-state index in [1.54, 1.807) is 6.92 Å². The molecule has 0 bridgehead atoms. The summed E-state index contributed by atoms with van der Waals surface area (Å²) in [4.78, 5) is 11.3. The van der Waals surface area contributed by atoms with Crippen LogP contribution in [0.3, 0.4) is 0 Å². The van der Waals surface area contributed by atoms with E-state index in [4.69, 9.17) is 13.6 Å². The minimum Gasteiger partial charge on any atom is -0.462 e. The Balaban J connectivity index is 4.20. The van der Waals surface area contributed by atoms with Crippen LogP contribution >= 0.6 is 0 Å². The third kappa shape index (κ3) is 9.06. The summed E-state index contributed by atoms with van der Waals surface area (Å²) in [6, 6.07) is 2.02. The van der Waals surface area contributed by atoms with Gasteiger partial charge in [-0.05, 0) is 45.7 Å². The lowest BCUT2D eigenvalue weighted by molar-refractivity contribution is -0.139. The smallest absolute Gasteiger partial charge is 0.338 e. The molecule has 0 N–H and O–H groups in total. The summed E-state index contributed by atoms with van der Waals surface area (Å²) in [5.41, 5.74) is 0.449. The molecule has 0 saturated heterocycles. The molecule has 0 aliphatic carbocycles. The maximum atomic E-state index is 11.3. The van der Waals surface area contributed by atoms with Gasteiger partial charge in [0, 0.05) is 18.8 Å². The van der Waals surface area contributed by atoms with E-state index in [1.807, 2.05) is 13.8 Å². The van der Waals surface area contributed by atoms with Gasteiger partial charge in [0.25, 0.3) is 0 Å². The molecule has 0 unspecified atom stereocenters. The molecule has 124 valence electrons. The fraction of sp³-hybridized carbons (Fsp3) is 0.812. The third-order valence-corrected chi connectivity index (χ3v) is 7.12. The number of carbonyl (C=O) groups excluding carboxylic acids is 1. The zero-order chi connectivity index (χ0) is 16.1. The summed E-state index contributed by atoms with van der Waals surface area (Å²) in [6.07, 6.45) is 4.13. The van der Waals surface area contributed by atoms with Crippen LogP contribution in [0, 0.1) is 0 Å². The second-order valence-corrected chi connectivity index (χ2v) is 8.65. The zero-order valence-corrected chi connectivity index (χ0v) is 15.2. The van der Waals surface area contributed by atoms with Crippen molar-refractivity contribution in [1.82, 2.24) is 0 Å². The predicted octanol–water partition coefficient (Wildman–Crippen LogP) is 4.20. The highest BCUT2D eigenvalue weighted by Gasteiger charge is 2.35. The summed E-state index contributed by atoms with van der Waals surface area (Å²) >= 11 is 0. The van der Waals surface area contributed by atoms with Crippen LogP contribution in [0.5, 0.6) is 0 Å². The Morgan fingerprint density at radius 3 is 2.05 bits per heavy atom. The first-order valence-corrected chi connectivity index (χ1v) is 10.3. The average molecular weight is 317 g/mol. The largest absolute Gasteiger partial charge is 0.462 e. The highest BCUT2D eigenvalue weighted by Crippen LogP contribution is 2.24. The fourth-order valence-corrected chi connectivity index (χ4v) is 5.86. The first kappa shape index (κ1) is 20.3. The lowest BCUT2D eigenvalue weighted by atomic mass is 10.3. The van der Waals surface area contributed by atoms with Gasteiger partial charge in [0.15, 0.2) is 0 Å². The number of ether oxygens (including phenoxy) is 1. The fourth-order valence-electron chi connectivity index (χ4n) is 2.21. The Morgan fingerprint density at radius 1 is 1.00 bits per heavy atom. The van der Waals surface area contributed by atoms with Crippen LogP contribution in [0.4, 0.5) is 0 Å². The van der Waals surface area contributed by atoms with Crippen LogP contribution < -0.4 is 0 Å². The van der Waals surface area contributed by atoms with E-state index < -0.39 is 8.56 Å². The van der Waals surface area contributed by atoms with Crippen LogP contribution in [0.1, 0.15) is 53.4 Å². The van der Waals surface area contributed by atoms with Gasteiger partial charge in [-0.3, -0.25) is 0 Å². The molecular formula is C16H32O4Si. The maximum Gasteiger partial charge on any atom is 0.338 e. The Bertz CT molecular complexity index is 299. The Kier molecular flexibility index (Phi) is 11.6. The van der Waals surface area contributed by atoms with Gasteiger partial charge in [0.05, 0.1) is 6.61 Å². The van der Waals surface area contributed by atoms with Gasteiger partial charge < -0.3 is 13.6 Å². The van der Waals surface area contributed by atoms with Gasteiger partial charge in [0.1, 0.15) is 0 Å². The zero-order valence-electron chi connectivity index (χ0n) is 14.2. The molecule has 0 aliphatic rings. The molecule has 0 aromatic rings. The molecule has 0 radical (unpaired) electrons. The summed E-state index contributed by atoms with van der Waals surface area (Å²) in [5, 5.41) is 0. The van der Waals surface area contributed by atoms with Gasteiger partial charge in [0.2, 0.25) is 0 Å². The van der Waals surface area contributed by atoms with Crippen LogP contribution in [0.25, 0.3) is 0 Å². The lowest BCUT2D eigenvalue weighted by Gasteiger charge is -2.30. The summed E-state index contributed by atoms with van der Waals surface area (Å²) in [7, 11) is -2.07. The van der Waals surface area contributed by atoms with E-state index in [1.165, 1.54) is 0 Å². The average Bonchev–Trinajstić information content (AvgIpc) is 2.45. The van der Waals surface area contributed by atoms with E-state index in [2.05, 4.69) is 13.5 Å². The van der Waals surface area contributed by atoms with E-state index in [-0.39, 0.29) is 5.97 Å². The first-order chi connectivity index (χ1) is 10.0. The number of esters is 1. The second-order valence-electron chi connectivity index (χ2n) is 5.25. The molecule has 0 aliphatic heterocycles. The molecule has 0 spiro atoms.